The molecule has 1 fully saturated rings. The van der Waals surface area contributed by atoms with Crippen molar-refractivity contribution in [1.29, 1.82) is 0 Å². The Morgan fingerprint density at radius 2 is 1.98 bits per heavy atom. The zero-order chi connectivity index (χ0) is 29.8. The van der Waals surface area contributed by atoms with Crippen LogP contribution in [-0.4, -0.2) is 71.3 Å². The minimum absolute atomic E-state index is 0.135. The number of hydrogen-bond donors (Lipinski definition) is 1. The number of carbonyl (C=O) groups is 1. The third-order valence-electron chi connectivity index (χ3n) is 6.49. The first-order chi connectivity index (χ1) is 19.4. The summed E-state index contributed by atoms with van der Waals surface area (Å²) in [6.07, 6.45) is 1.01. The lowest BCUT2D eigenvalue weighted by atomic mass is 10.1. The van der Waals surface area contributed by atoms with E-state index in [1.807, 2.05) is 65.0 Å². The van der Waals surface area contributed by atoms with Gasteiger partial charge in [-0.1, -0.05) is 44.2 Å². The topological polar surface area (TPSA) is 109 Å². The summed E-state index contributed by atoms with van der Waals surface area (Å²) in [6.45, 7) is 14.6. The highest BCUT2D eigenvalue weighted by Gasteiger charge is 2.38. The van der Waals surface area contributed by atoms with Crippen LogP contribution in [0.4, 0.5) is 16.4 Å². The summed E-state index contributed by atoms with van der Waals surface area (Å²) in [5, 5.41) is 8.15. The van der Waals surface area contributed by atoms with Gasteiger partial charge in [0.2, 0.25) is 0 Å². The average molecular weight is 570 g/mol. The van der Waals surface area contributed by atoms with Crippen molar-refractivity contribution in [2.45, 2.75) is 84.5 Å². The second-order valence-electron chi connectivity index (χ2n) is 11.9. The first-order valence-corrected chi connectivity index (χ1v) is 13.9. The fraction of sp³-hybridized carbons (Fsp3) is 0.567. The van der Waals surface area contributed by atoms with E-state index in [2.05, 4.69) is 24.3 Å². The molecular formula is C30H43N5O6. The number of nitrogens with one attached hydrogen (secondary N) is 1. The first-order valence-electron chi connectivity index (χ1n) is 13.9. The Labute approximate surface area is 242 Å². The van der Waals surface area contributed by atoms with E-state index in [-0.39, 0.29) is 38.0 Å². The lowest BCUT2D eigenvalue weighted by Gasteiger charge is -2.29. The number of anilines is 2. The minimum atomic E-state index is -0.714. The molecule has 0 unspecified atom stereocenters. The van der Waals surface area contributed by atoms with E-state index in [1.165, 1.54) is 0 Å². The molecule has 0 aliphatic carbocycles. The summed E-state index contributed by atoms with van der Waals surface area (Å²) in [4.78, 5) is 20.2. The molecule has 2 aromatic heterocycles. The van der Waals surface area contributed by atoms with Gasteiger partial charge in [0.1, 0.15) is 30.1 Å². The zero-order valence-corrected chi connectivity index (χ0v) is 25.3. The van der Waals surface area contributed by atoms with Crippen LogP contribution in [0.2, 0.25) is 0 Å². The lowest BCUT2D eigenvalue weighted by molar-refractivity contribution is -0.143. The van der Waals surface area contributed by atoms with Gasteiger partial charge in [-0.05, 0) is 46.1 Å². The number of nitrogens with zero attached hydrogens (tertiary/aromatic N) is 4. The van der Waals surface area contributed by atoms with E-state index in [9.17, 15) is 4.79 Å². The van der Waals surface area contributed by atoms with Gasteiger partial charge < -0.3 is 29.0 Å². The van der Waals surface area contributed by atoms with Gasteiger partial charge in [-0.2, -0.15) is 9.61 Å². The predicted molar refractivity (Wildman–Crippen MR) is 156 cm³/mol. The number of benzene rings is 1. The van der Waals surface area contributed by atoms with Gasteiger partial charge in [-0.25, -0.2) is 9.78 Å². The maximum atomic E-state index is 13.7. The number of methoxy groups -OCH3 is 1. The van der Waals surface area contributed by atoms with Gasteiger partial charge in [0, 0.05) is 18.7 Å². The molecule has 1 saturated heterocycles. The molecule has 1 N–H and O–H groups in total. The van der Waals surface area contributed by atoms with Crippen molar-refractivity contribution >= 4 is 23.4 Å². The molecule has 2 atom stereocenters. The van der Waals surface area contributed by atoms with E-state index in [0.29, 0.717) is 23.9 Å². The number of aromatic nitrogens is 3. The van der Waals surface area contributed by atoms with E-state index in [4.69, 9.17) is 28.7 Å². The highest BCUT2D eigenvalue weighted by Crippen LogP contribution is 2.30. The molecule has 4 rings (SSSR count). The minimum Gasteiger partial charge on any atom is -0.443 e. The fourth-order valence-electron chi connectivity index (χ4n) is 4.56. The largest absolute Gasteiger partial charge is 0.443 e. The highest BCUT2D eigenvalue weighted by molar-refractivity contribution is 5.88. The fourth-order valence-corrected chi connectivity index (χ4v) is 4.56. The van der Waals surface area contributed by atoms with Gasteiger partial charge in [0.15, 0.2) is 11.4 Å². The van der Waals surface area contributed by atoms with Crippen molar-refractivity contribution in [2.75, 3.05) is 37.3 Å². The molecule has 1 aromatic carbocycles. The second-order valence-corrected chi connectivity index (χ2v) is 11.9. The average Bonchev–Trinajstić information content (AvgIpc) is 3.49. The van der Waals surface area contributed by atoms with Crippen molar-refractivity contribution in [3.8, 4) is 0 Å². The number of hydrogen-bond acceptors (Lipinski definition) is 9. The van der Waals surface area contributed by atoms with Crippen molar-refractivity contribution < 1.29 is 28.5 Å². The third-order valence-corrected chi connectivity index (χ3v) is 6.49. The number of carbonyl (C=O) groups excluding carboxylic acids is 1. The summed E-state index contributed by atoms with van der Waals surface area (Å²) >= 11 is 0. The zero-order valence-electron chi connectivity index (χ0n) is 25.3. The van der Waals surface area contributed by atoms with Crippen LogP contribution >= 0.6 is 0 Å². The van der Waals surface area contributed by atoms with Crippen molar-refractivity contribution in [2.24, 2.45) is 0 Å². The van der Waals surface area contributed by atoms with E-state index < -0.39 is 17.5 Å². The van der Waals surface area contributed by atoms with Crippen LogP contribution in [0.5, 0.6) is 0 Å². The molecule has 1 aliphatic heterocycles. The van der Waals surface area contributed by atoms with Crippen LogP contribution in [0.15, 0.2) is 42.6 Å². The molecule has 41 heavy (non-hydrogen) atoms. The first kappa shape index (κ1) is 30.7. The van der Waals surface area contributed by atoms with Crippen LogP contribution in [-0.2, 0) is 30.2 Å². The molecule has 1 amide bonds. The van der Waals surface area contributed by atoms with Gasteiger partial charge in [0.25, 0.3) is 0 Å². The maximum absolute atomic E-state index is 13.7. The lowest BCUT2D eigenvalue weighted by Crippen LogP contribution is -2.41. The smallest absolute Gasteiger partial charge is 0.416 e. The normalized spacial score (nSPS) is 17.6. The molecule has 3 aromatic rings. The predicted octanol–water partition coefficient (Wildman–Crippen LogP) is 5.35. The van der Waals surface area contributed by atoms with Crippen LogP contribution in [0.3, 0.4) is 0 Å². The molecule has 0 bridgehead atoms. The Kier molecular flexibility index (Phi) is 9.53. The molecule has 0 saturated carbocycles. The number of fused-ring (bicyclic) bond motifs is 1. The molecule has 0 radical (unpaired) electrons. The molecule has 11 nitrogen and oxygen atoms in total. The van der Waals surface area contributed by atoms with Crippen LogP contribution in [0, 0.1) is 0 Å². The van der Waals surface area contributed by atoms with Crippen LogP contribution in [0.1, 0.15) is 65.5 Å². The van der Waals surface area contributed by atoms with Gasteiger partial charge in [-0.3, -0.25) is 4.90 Å². The van der Waals surface area contributed by atoms with Crippen LogP contribution < -0.4 is 10.2 Å². The second kappa shape index (κ2) is 12.7. The summed E-state index contributed by atoms with van der Waals surface area (Å²) in [6, 6.07) is 11.3. The number of ether oxygens (including phenoxy) is 5. The van der Waals surface area contributed by atoms with E-state index in [1.54, 1.807) is 28.8 Å². The quantitative estimate of drug-likeness (QED) is 0.242. The summed E-state index contributed by atoms with van der Waals surface area (Å²) in [7, 11) is 1.58. The number of amides is 1. The van der Waals surface area contributed by atoms with Gasteiger partial charge >= 0.3 is 6.09 Å². The molecule has 0 spiro atoms. The summed E-state index contributed by atoms with van der Waals surface area (Å²) in [5.74, 6) is 0.493. The van der Waals surface area contributed by atoms with Crippen molar-refractivity contribution in [1.82, 2.24) is 14.6 Å². The van der Waals surface area contributed by atoms with Crippen molar-refractivity contribution in [3.05, 3.63) is 53.7 Å². The standard InChI is InChI=1S/C30H43N5O6/c1-20(2)22-15-31-35-26(34(28(36)41-29(3,4)5)16-21-12-10-9-11-13-21)14-25(33-27(22)35)32-23(17-38-19-37-8)24-18-39-30(6,7)40-24/h9-15,20,23-24H,16-19H2,1-8H3,(H,32,33)/t23-,24+/m0/s1. The molecule has 224 valence electrons. The summed E-state index contributed by atoms with van der Waals surface area (Å²) in [5.41, 5.74) is 1.84. The Morgan fingerprint density at radius 3 is 2.59 bits per heavy atom. The molecule has 11 heteroatoms. The Balaban J connectivity index is 1.79. The molecule has 3 heterocycles. The Bertz CT molecular complexity index is 1300. The van der Waals surface area contributed by atoms with Crippen LogP contribution in [0.25, 0.3) is 5.65 Å². The monoisotopic (exact) mass is 569 g/mol. The van der Waals surface area contributed by atoms with Gasteiger partial charge in [-0.15, -0.1) is 0 Å². The maximum Gasteiger partial charge on any atom is 0.416 e. The molecule has 1 aliphatic rings. The molecular weight excluding hydrogens is 526 g/mol. The highest BCUT2D eigenvalue weighted by atomic mass is 16.7. The van der Waals surface area contributed by atoms with E-state index in [0.717, 1.165) is 11.1 Å². The Hall–Kier alpha value is -3.25. The summed E-state index contributed by atoms with van der Waals surface area (Å²) < 4.78 is 30.4. The third kappa shape index (κ3) is 7.94. The van der Waals surface area contributed by atoms with Gasteiger partial charge in [0.05, 0.1) is 32.0 Å². The van der Waals surface area contributed by atoms with E-state index >= 15 is 0 Å². The Morgan fingerprint density at radius 1 is 1.24 bits per heavy atom. The SMILES string of the molecule is COCOC[C@H](Nc1cc(N(Cc2ccccc2)C(=O)OC(C)(C)C)n2ncc(C(C)C)c2n1)[C@H]1COC(C)(C)O1. The number of rotatable bonds is 11. The van der Waals surface area contributed by atoms with Crippen molar-refractivity contribution in [3.63, 3.8) is 0 Å².